The largest absolute Gasteiger partial charge is 0.508 e. The molecule has 0 spiro atoms. The quantitative estimate of drug-likeness (QED) is 0.464. The van der Waals surface area contributed by atoms with E-state index in [1.165, 1.54) is 12.1 Å². The summed E-state index contributed by atoms with van der Waals surface area (Å²) in [5.74, 6) is -1.45. The third-order valence-electron chi connectivity index (χ3n) is 5.16. The van der Waals surface area contributed by atoms with Crippen molar-refractivity contribution in [2.45, 2.75) is 13.3 Å². The Morgan fingerprint density at radius 3 is 2.36 bits per heavy atom. The Balaban J connectivity index is 1.50. The summed E-state index contributed by atoms with van der Waals surface area (Å²) < 4.78 is 0. The number of nitrogens with zero attached hydrogens (tertiary/aromatic N) is 1. The number of hydrogen-bond acceptors (Lipinski definition) is 5. The minimum atomic E-state index is -0.591. The molecule has 0 fully saturated rings. The summed E-state index contributed by atoms with van der Waals surface area (Å²) in [6, 6.07) is 19.8. The van der Waals surface area contributed by atoms with Gasteiger partial charge in [0.15, 0.2) is 0 Å². The lowest BCUT2D eigenvalue weighted by molar-refractivity contribution is -0.120. The fourth-order valence-corrected chi connectivity index (χ4v) is 3.71. The molecule has 0 saturated heterocycles. The van der Waals surface area contributed by atoms with Crippen molar-refractivity contribution in [3.8, 4) is 5.75 Å². The van der Waals surface area contributed by atoms with E-state index >= 15 is 0 Å². The molecule has 166 valence electrons. The fraction of sp³-hybridized carbons (Fsp3) is 0.0800. The highest BCUT2D eigenvalue weighted by Crippen LogP contribution is 2.32. The van der Waals surface area contributed by atoms with E-state index in [-0.39, 0.29) is 22.4 Å². The Kier molecular flexibility index (Phi) is 6.15. The molecule has 3 amide bonds. The van der Waals surface area contributed by atoms with Gasteiger partial charge in [-0.2, -0.15) is 0 Å². The van der Waals surface area contributed by atoms with Gasteiger partial charge in [-0.05, 0) is 54.4 Å². The molecule has 0 aromatic heterocycles. The van der Waals surface area contributed by atoms with E-state index in [1.54, 1.807) is 48.5 Å². The molecule has 8 heteroatoms. The lowest BCUT2D eigenvalue weighted by Gasteiger charge is -2.18. The van der Waals surface area contributed by atoms with Crippen LogP contribution in [0, 0.1) is 0 Å². The van der Waals surface area contributed by atoms with Gasteiger partial charge < -0.3 is 15.7 Å². The maximum atomic E-state index is 13.0. The summed E-state index contributed by atoms with van der Waals surface area (Å²) in [6.45, 7) is 1.94. The highest BCUT2D eigenvalue weighted by Gasteiger charge is 2.39. The summed E-state index contributed by atoms with van der Waals surface area (Å²) in [5, 5.41) is 14.9. The van der Waals surface area contributed by atoms with Crippen molar-refractivity contribution >= 4 is 46.4 Å². The topological polar surface area (TPSA) is 98.7 Å². The first kappa shape index (κ1) is 22.1. The molecule has 4 rings (SSSR count). The van der Waals surface area contributed by atoms with Crippen LogP contribution in [0.1, 0.15) is 22.8 Å². The first-order valence-corrected chi connectivity index (χ1v) is 10.6. The second-order valence-corrected chi connectivity index (χ2v) is 7.70. The number of aromatic hydroxyl groups is 1. The number of benzene rings is 3. The van der Waals surface area contributed by atoms with Crippen molar-refractivity contribution in [3.63, 3.8) is 0 Å². The number of carbonyl (C=O) groups excluding carboxylic acids is 3. The number of para-hydroxylation sites is 1. The molecule has 0 aliphatic carbocycles. The van der Waals surface area contributed by atoms with Gasteiger partial charge in [0, 0.05) is 23.0 Å². The molecular weight excluding hydrogens is 442 g/mol. The Bertz CT molecular complexity index is 1280. The fourth-order valence-electron chi connectivity index (χ4n) is 3.49. The second-order valence-electron chi connectivity index (χ2n) is 7.32. The SMILES string of the molecule is CCc1ccccc1N1C(=O)C(Cl)=C(Nc2ccc(C(=O)Nc3cccc(O)c3)cc2)C1=O. The molecule has 3 aromatic rings. The smallest absolute Gasteiger partial charge is 0.283 e. The Labute approximate surface area is 195 Å². The number of nitrogens with one attached hydrogen (secondary N) is 2. The van der Waals surface area contributed by atoms with Crippen molar-refractivity contribution in [1.82, 2.24) is 0 Å². The molecule has 0 saturated carbocycles. The highest BCUT2D eigenvalue weighted by molar-refractivity contribution is 6.53. The molecule has 3 aromatic carbocycles. The molecule has 1 aliphatic heterocycles. The summed E-state index contributed by atoms with van der Waals surface area (Å²) in [5.41, 5.74) is 2.65. The maximum Gasteiger partial charge on any atom is 0.283 e. The number of aryl methyl sites for hydroxylation is 1. The number of rotatable bonds is 6. The second kappa shape index (κ2) is 9.18. The van der Waals surface area contributed by atoms with Gasteiger partial charge in [0.1, 0.15) is 16.5 Å². The van der Waals surface area contributed by atoms with Gasteiger partial charge in [-0.15, -0.1) is 0 Å². The molecule has 33 heavy (non-hydrogen) atoms. The van der Waals surface area contributed by atoms with Gasteiger partial charge in [-0.25, -0.2) is 4.90 Å². The normalized spacial score (nSPS) is 13.5. The Morgan fingerprint density at radius 1 is 0.939 bits per heavy atom. The predicted molar refractivity (Wildman–Crippen MR) is 127 cm³/mol. The number of hydrogen-bond donors (Lipinski definition) is 3. The van der Waals surface area contributed by atoms with E-state index < -0.39 is 11.8 Å². The monoisotopic (exact) mass is 461 g/mol. The molecule has 1 aliphatic rings. The van der Waals surface area contributed by atoms with Crippen molar-refractivity contribution in [3.05, 3.63) is 94.7 Å². The molecule has 0 atom stereocenters. The van der Waals surface area contributed by atoms with Crippen molar-refractivity contribution in [2.75, 3.05) is 15.5 Å². The summed E-state index contributed by atoms with van der Waals surface area (Å²) in [7, 11) is 0. The van der Waals surface area contributed by atoms with E-state index in [9.17, 15) is 19.5 Å². The summed E-state index contributed by atoms with van der Waals surface area (Å²) >= 11 is 6.22. The van der Waals surface area contributed by atoms with Gasteiger partial charge in [-0.1, -0.05) is 42.8 Å². The molecular formula is C25H20ClN3O4. The van der Waals surface area contributed by atoms with Gasteiger partial charge in [0.25, 0.3) is 17.7 Å². The first-order chi connectivity index (χ1) is 15.9. The molecule has 0 bridgehead atoms. The van der Waals surface area contributed by atoms with Crippen LogP contribution < -0.4 is 15.5 Å². The highest BCUT2D eigenvalue weighted by atomic mass is 35.5. The number of amides is 3. The van der Waals surface area contributed by atoms with Gasteiger partial charge in [0.2, 0.25) is 0 Å². The summed E-state index contributed by atoms with van der Waals surface area (Å²) in [4.78, 5) is 39.3. The van der Waals surface area contributed by atoms with E-state index in [0.29, 0.717) is 29.0 Å². The van der Waals surface area contributed by atoms with Crippen LogP contribution in [-0.2, 0) is 16.0 Å². The number of anilines is 3. The zero-order chi connectivity index (χ0) is 23.5. The molecule has 3 N–H and O–H groups in total. The number of carbonyl (C=O) groups is 3. The van der Waals surface area contributed by atoms with Crippen molar-refractivity contribution in [2.24, 2.45) is 0 Å². The molecule has 7 nitrogen and oxygen atoms in total. The molecule has 0 unspecified atom stereocenters. The van der Waals surface area contributed by atoms with E-state index in [4.69, 9.17) is 11.6 Å². The van der Waals surface area contributed by atoms with Crippen LogP contribution in [0.25, 0.3) is 0 Å². The van der Waals surface area contributed by atoms with Gasteiger partial charge in [-0.3, -0.25) is 14.4 Å². The number of halogens is 1. The first-order valence-electron chi connectivity index (χ1n) is 10.2. The minimum absolute atomic E-state index is 0.0236. The van der Waals surface area contributed by atoms with E-state index in [2.05, 4.69) is 10.6 Å². The zero-order valence-corrected chi connectivity index (χ0v) is 18.4. The Morgan fingerprint density at radius 2 is 1.67 bits per heavy atom. The number of phenols is 1. The van der Waals surface area contributed by atoms with Crippen LogP contribution in [0.5, 0.6) is 5.75 Å². The standard InChI is InChI=1S/C25H20ClN3O4/c1-2-15-6-3-4-9-20(15)29-24(32)21(26)22(25(29)33)27-17-12-10-16(11-13-17)23(31)28-18-7-5-8-19(30)14-18/h3-14,27,30H,2H2,1H3,(H,28,31). The van der Waals surface area contributed by atoms with Crippen LogP contribution >= 0.6 is 11.6 Å². The third kappa shape index (κ3) is 4.44. The number of phenolic OH excluding ortho intramolecular Hbond substituents is 1. The lowest BCUT2D eigenvalue weighted by atomic mass is 10.1. The third-order valence-corrected chi connectivity index (χ3v) is 5.51. The van der Waals surface area contributed by atoms with E-state index in [0.717, 1.165) is 10.5 Å². The molecule has 1 heterocycles. The average molecular weight is 462 g/mol. The van der Waals surface area contributed by atoms with Crippen LogP contribution in [-0.4, -0.2) is 22.8 Å². The van der Waals surface area contributed by atoms with Crippen molar-refractivity contribution < 1.29 is 19.5 Å². The van der Waals surface area contributed by atoms with Gasteiger partial charge >= 0.3 is 0 Å². The zero-order valence-electron chi connectivity index (χ0n) is 17.6. The van der Waals surface area contributed by atoms with E-state index in [1.807, 2.05) is 19.1 Å². The van der Waals surface area contributed by atoms with Gasteiger partial charge in [0.05, 0.1) is 5.69 Å². The maximum absolute atomic E-state index is 13.0. The summed E-state index contributed by atoms with van der Waals surface area (Å²) in [6.07, 6.45) is 0.653. The molecule has 0 radical (unpaired) electrons. The Hall–Kier alpha value is -4.10. The van der Waals surface area contributed by atoms with Crippen LogP contribution in [0.2, 0.25) is 0 Å². The van der Waals surface area contributed by atoms with Crippen molar-refractivity contribution in [1.29, 1.82) is 0 Å². The van der Waals surface area contributed by atoms with Crippen LogP contribution in [0.15, 0.2) is 83.5 Å². The minimum Gasteiger partial charge on any atom is -0.508 e. The predicted octanol–water partition coefficient (Wildman–Crippen LogP) is 4.64. The average Bonchev–Trinajstić information content (AvgIpc) is 3.02. The van der Waals surface area contributed by atoms with Crippen LogP contribution in [0.4, 0.5) is 17.1 Å². The number of imide groups is 1. The van der Waals surface area contributed by atoms with Crippen LogP contribution in [0.3, 0.4) is 0 Å². The lowest BCUT2D eigenvalue weighted by Crippen LogP contribution is -2.33.